The summed E-state index contributed by atoms with van der Waals surface area (Å²) in [5, 5.41) is 0. The maximum Gasteiger partial charge on any atom is 0.294 e. The molecule has 7 heteroatoms. The highest BCUT2D eigenvalue weighted by molar-refractivity contribution is 6.09. The molecule has 0 radical (unpaired) electrons. The van der Waals surface area contributed by atoms with Crippen LogP contribution in [0.5, 0.6) is 5.75 Å². The van der Waals surface area contributed by atoms with Gasteiger partial charge in [0.05, 0.1) is 12.2 Å². The second-order valence-corrected chi connectivity index (χ2v) is 10.3. The van der Waals surface area contributed by atoms with Crippen molar-refractivity contribution in [2.45, 2.75) is 13.5 Å². The molecular formula is C34H30FN3O3. The van der Waals surface area contributed by atoms with Crippen LogP contribution in [0.25, 0.3) is 6.08 Å². The smallest absolute Gasteiger partial charge is 0.294 e. The van der Waals surface area contributed by atoms with Gasteiger partial charge in [-0.3, -0.25) is 14.5 Å². The molecule has 0 spiro atoms. The number of hydrogen-bond donors (Lipinski definition) is 0. The lowest BCUT2D eigenvalue weighted by atomic mass is 10.1. The molecule has 6 nitrogen and oxygen atoms in total. The Morgan fingerprint density at radius 1 is 0.854 bits per heavy atom. The Kier molecular flexibility index (Phi) is 7.25. The number of halogens is 1. The average molecular weight is 548 g/mol. The number of para-hydroxylation sites is 2. The Hall–Kier alpha value is -4.91. The van der Waals surface area contributed by atoms with Crippen molar-refractivity contribution in [3.8, 4) is 5.75 Å². The van der Waals surface area contributed by atoms with Crippen molar-refractivity contribution in [1.29, 1.82) is 0 Å². The van der Waals surface area contributed by atoms with E-state index in [0.29, 0.717) is 44.0 Å². The number of nitrogens with zero attached hydrogens (tertiary/aromatic N) is 3. The quantitative estimate of drug-likeness (QED) is 0.285. The second-order valence-electron chi connectivity index (χ2n) is 10.3. The topological polar surface area (TPSA) is 53.1 Å². The summed E-state index contributed by atoms with van der Waals surface area (Å²) in [6.45, 7) is 5.00. The molecule has 2 amide bonds. The van der Waals surface area contributed by atoms with E-state index in [2.05, 4.69) is 4.90 Å². The highest BCUT2D eigenvalue weighted by Crippen LogP contribution is 2.36. The third-order valence-corrected chi connectivity index (χ3v) is 7.51. The Morgan fingerprint density at radius 2 is 1.54 bits per heavy atom. The van der Waals surface area contributed by atoms with Crippen LogP contribution in [-0.4, -0.2) is 42.9 Å². The molecule has 4 aromatic carbocycles. The van der Waals surface area contributed by atoms with Gasteiger partial charge in [-0.05, 0) is 72.7 Å². The molecule has 0 atom stereocenters. The molecule has 4 aromatic rings. The minimum atomic E-state index is -0.259. The maximum absolute atomic E-state index is 13.5. The molecule has 2 aliphatic heterocycles. The fraction of sp³-hybridized carbons (Fsp3) is 0.176. The van der Waals surface area contributed by atoms with Gasteiger partial charge < -0.3 is 14.5 Å². The number of ether oxygens (including phenoxy) is 1. The van der Waals surface area contributed by atoms with Gasteiger partial charge in [-0.2, -0.15) is 0 Å². The lowest BCUT2D eigenvalue weighted by molar-refractivity contribution is -0.117. The Morgan fingerprint density at radius 3 is 2.24 bits per heavy atom. The van der Waals surface area contributed by atoms with Gasteiger partial charge >= 0.3 is 0 Å². The fourth-order valence-electron chi connectivity index (χ4n) is 5.17. The lowest BCUT2D eigenvalue weighted by Gasteiger charge is -2.36. The SMILES string of the molecule is Cc1ccc(CN2C(=O)/C(=C\c3ccc(C(=O)N4CCN(c5ccc(F)cc5)CC4)cc3)Oc3ccccc32)cc1. The zero-order valence-electron chi connectivity index (χ0n) is 22.8. The van der Waals surface area contributed by atoms with Crippen LogP contribution in [-0.2, 0) is 11.3 Å². The summed E-state index contributed by atoms with van der Waals surface area (Å²) >= 11 is 0. The largest absolute Gasteiger partial charge is 0.449 e. The fourth-order valence-corrected chi connectivity index (χ4v) is 5.17. The van der Waals surface area contributed by atoms with Crippen LogP contribution in [0.3, 0.4) is 0 Å². The van der Waals surface area contributed by atoms with E-state index in [1.165, 1.54) is 12.1 Å². The van der Waals surface area contributed by atoms with E-state index in [1.54, 1.807) is 35.2 Å². The van der Waals surface area contributed by atoms with Crippen molar-refractivity contribution in [3.05, 3.63) is 131 Å². The number of amides is 2. The van der Waals surface area contributed by atoms with Gasteiger partial charge in [-0.25, -0.2) is 4.39 Å². The molecule has 1 saturated heterocycles. The number of piperazine rings is 1. The third-order valence-electron chi connectivity index (χ3n) is 7.51. The van der Waals surface area contributed by atoms with Crippen LogP contribution in [0.2, 0.25) is 0 Å². The Bertz CT molecular complexity index is 1590. The predicted octanol–water partition coefficient (Wildman–Crippen LogP) is 6.06. The summed E-state index contributed by atoms with van der Waals surface area (Å²) in [5.41, 5.74) is 5.23. The van der Waals surface area contributed by atoms with E-state index in [1.807, 2.05) is 72.5 Å². The van der Waals surface area contributed by atoms with Crippen molar-refractivity contribution >= 4 is 29.3 Å². The number of carbonyl (C=O) groups excluding carboxylic acids is 2. The normalized spacial score (nSPS) is 16.0. The van der Waals surface area contributed by atoms with Gasteiger partial charge in [0.1, 0.15) is 5.82 Å². The van der Waals surface area contributed by atoms with Crippen LogP contribution >= 0.6 is 0 Å². The molecule has 0 bridgehead atoms. The van der Waals surface area contributed by atoms with Crippen molar-refractivity contribution in [2.24, 2.45) is 0 Å². The molecule has 1 fully saturated rings. The first kappa shape index (κ1) is 26.3. The lowest BCUT2D eigenvalue weighted by Crippen LogP contribution is -2.48. The zero-order valence-corrected chi connectivity index (χ0v) is 22.8. The number of hydrogen-bond acceptors (Lipinski definition) is 4. The summed E-state index contributed by atoms with van der Waals surface area (Å²) in [6.07, 6.45) is 1.72. The number of anilines is 2. The number of benzene rings is 4. The van der Waals surface area contributed by atoms with Gasteiger partial charge in [0, 0.05) is 37.4 Å². The number of aryl methyl sites for hydroxylation is 1. The van der Waals surface area contributed by atoms with Crippen LogP contribution < -0.4 is 14.5 Å². The first-order chi connectivity index (χ1) is 19.9. The molecule has 6 rings (SSSR count). The van der Waals surface area contributed by atoms with E-state index < -0.39 is 0 Å². The van der Waals surface area contributed by atoms with Gasteiger partial charge in [-0.15, -0.1) is 0 Å². The van der Waals surface area contributed by atoms with Crippen LogP contribution in [0.15, 0.2) is 103 Å². The molecule has 206 valence electrons. The molecule has 0 saturated carbocycles. The van der Waals surface area contributed by atoms with Crippen molar-refractivity contribution < 1.29 is 18.7 Å². The minimum absolute atomic E-state index is 0.0360. The highest BCUT2D eigenvalue weighted by atomic mass is 19.1. The molecule has 0 N–H and O–H groups in total. The summed E-state index contributed by atoms with van der Waals surface area (Å²) in [6, 6.07) is 29.3. The van der Waals surface area contributed by atoms with Crippen molar-refractivity contribution in [3.63, 3.8) is 0 Å². The number of fused-ring (bicyclic) bond motifs is 1. The Balaban J connectivity index is 1.15. The molecule has 41 heavy (non-hydrogen) atoms. The summed E-state index contributed by atoms with van der Waals surface area (Å²) in [5.74, 6) is 0.337. The molecule has 0 aliphatic carbocycles. The van der Waals surface area contributed by atoms with E-state index in [4.69, 9.17) is 4.74 Å². The molecule has 0 unspecified atom stereocenters. The minimum Gasteiger partial charge on any atom is -0.449 e. The summed E-state index contributed by atoms with van der Waals surface area (Å²) in [7, 11) is 0. The third kappa shape index (κ3) is 5.70. The van der Waals surface area contributed by atoms with Gasteiger partial charge in [0.2, 0.25) is 0 Å². The first-order valence-electron chi connectivity index (χ1n) is 13.7. The van der Waals surface area contributed by atoms with Crippen molar-refractivity contribution in [2.75, 3.05) is 36.0 Å². The zero-order chi connectivity index (χ0) is 28.3. The first-order valence-corrected chi connectivity index (χ1v) is 13.7. The number of carbonyl (C=O) groups is 2. The number of rotatable bonds is 5. The highest BCUT2D eigenvalue weighted by Gasteiger charge is 2.30. The molecular weight excluding hydrogens is 517 g/mol. The maximum atomic E-state index is 13.5. The molecule has 2 aliphatic rings. The van der Waals surface area contributed by atoms with Crippen molar-refractivity contribution in [1.82, 2.24) is 4.90 Å². The second kappa shape index (κ2) is 11.3. The predicted molar refractivity (Wildman–Crippen MR) is 158 cm³/mol. The van der Waals surface area contributed by atoms with Gasteiger partial charge in [-0.1, -0.05) is 54.1 Å². The summed E-state index contributed by atoms with van der Waals surface area (Å²) < 4.78 is 19.3. The van der Waals surface area contributed by atoms with E-state index in [9.17, 15) is 14.0 Å². The summed E-state index contributed by atoms with van der Waals surface area (Å²) in [4.78, 5) is 32.4. The van der Waals surface area contributed by atoms with Crippen LogP contribution in [0.4, 0.5) is 15.8 Å². The van der Waals surface area contributed by atoms with Crippen LogP contribution in [0.1, 0.15) is 27.0 Å². The molecule has 0 aromatic heterocycles. The monoisotopic (exact) mass is 547 g/mol. The van der Waals surface area contributed by atoms with E-state index in [-0.39, 0.29) is 23.4 Å². The van der Waals surface area contributed by atoms with E-state index in [0.717, 1.165) is 28.1 Å². The van der Waals surface area contributed by atoms with Gasteiger partial charge in [0.25, 0.3) is 11.8 Å². The Labute approximate surface area is 238 Å². The van der Waals surface area contributed by atoms with Crippen LogP contribution in [0, 0.1) is 12.7 Å². The van der Waals surface area contributed by atoms with E-state index >= 15 is 0 Å². The van der Waals surface area contributed by atoms with Gasteiger partial charge in [0.15, 0.2) is 11.5 Å². The molecule has 2 heterocycles. The standard InChI is InChI=1S/C34H30FN3O3/c1-24-6-8-26(9-7-24)23-38-30-4-2-3-5-31(30)41-32(34(38)40)22-25-10-12-27(13-11-25)33(39)37-20-18-36(19-21-37)29-16-14-28(35)15-17-29/h2-17,22H,18-21,23H2,1H3/b32-22+. The average Bonchev–Trinajstić information content (AvgIpc) is 3.01.